The number of rotatable bonds is 3. The topological polar surface area (TPSA) is 58.9 Å². The summed E-state index contributed by atoms with van der Waals surface area (Å²) in [5.41, 5.74) is 0. The zero-order chi connectivity index (χ0) is 8.10. The number of hydrogen-bond acceptors (Lipinski definition) is 4. The molecule has 1 rings (SSSR count). The van der Waals surface area contributed by atoms with Crippen molar-refractivity contribution in [2.24, 2.45) is 15.9 Å². The van der Waals surface area contributed by atoms with Crippen LogP contribution >= 0.6 is 0 Å². The van der Waals surface area contributed by atoms with E-state index in [0.717, 1.165) is 19.3 Å². The predicted molar refractivity (Wildman–Crippen MR) is 37.4 cm³/mol. The molecule has 0 atom stereocenters. The Hall–Kier alpha value is -1.24. The van der Waals surface area contributed by atoms with E-state index in [9.17, 15) is 9.59 Å². The number of hydrogen-bond donors (Lipinski definition) is 0. The minimum Gasteiger partial charge on any atom is -0.211 e. The number of nitrogens with zero attached hydrogens (tertiary/aromatic N) is 2. The zero-order valence-electron chi connectivity index (χ0n) is 5.99. The van der Waals surface area contributed by atoms with Gasteiger partial charge < -0.3 is 0 Å². The molecule has 0 heterocycles. The summed E-state index contributed by atoms with van der Waals surface area (Å²) in [5.74, 6) is 0.262. The molecule has 0 bridgehead atoms. The summed E-state index contributed by atoms with van der Waals surface area (Å²) >= 11 is 0. The fourth-order valence-electron chi connectivity index (χ4n) is 1.09. The Kier molecular flexibility index (Phi) is 2.73. The van der Waals surface area contributed by atoms with Crippen LogP contribution in [0.1, 0.15) is 19.3 Å². The van der Waals surface area contributed by atoms with Crippen LogP contribution in [0.5, 0.6) is 0 Å². The molecule has 58 valence electrons. The highest BCUT2D eigenvalue weighted by Crippen LogP contribution is 2.31. The van der Waals surface area contributed by atoms with E-state index in [-0.39, 0.29) is 5.92 Å². The SMILES string of the molecule is O=C=NC(N=C=O)C1CCC1. The van der Waals surface area contributed by atoms with Crippen molar-refractivity contribution in [3.63, 3.8) is 0 Å². The lowest BCUT2D eigenvalue weighted by atomic mass is 9.83. The minimum absolute atomic E-state index is 0.262. The maximum Gasteiger partial charge on any atom is 0.237 e. The van der Waals surface area contributed by atoms with Crippen molar-refractivity contribution in [2.75, 3.05) is 0 Å². The first-order valence-electron chi connectivity index (χ1n) is 3.52. The molecule has 11 heavy (non-hydrogen) atoms. The highest BCUT2D eigenvalue weighted by Gasteiger charge is 2.26. The molecule has 0 radical (unpaired) electrons. The summed E-state index contributed by atoms with van der Waals surface area (Å²) in [6.07, 6.45) is 5.40. The van der Waals surface area contributed by atoms with E-state index in [0.29, 0.717) is 0 Å². The van der Waals surface area contributed by atoms with Crippen molar-refractivity contribution in [3.05, 3.63) is 0 Å². The summed E-state index contributed by atoms with van der Waals surface area (Å²) in [6.45, 7) is 0. The second-order valence-corrected chi connectivity index (χ2v) is 2.55. The second kappa shape index (κ2) is 3.81. The van der Waals surface area contributed by atoms with E-state index in [2.05, 4.69) is 9.98 Å². The largest absolute Gasteiger partial charge is 0.237 e. The first-order valence-corrected chi connectivity index (χ1v) is 3.52. The first-order chi connectivity index (χ1) is 5.38. The van der Waals surface area contributed by atoms with E-state index in [1.165, 1.54) is 12.2 Å². The van der Waals surface area contributed by atoms with Gasteiger partial charge in [0.05, 0.1) is 0 Å². The monoisotopic (exact) mass is 152 g/mol. The molecule has 1 saturated carbocycles. The van der Waals surface area contributed by atoms with Gasteiger partial charge in [-0.3, -0.25) is 0 Å². The van der Waals surface area contributed by atoms with Gasteiger partial charge in [0, 0.05) is 5.92 Å². The third-order valence-electron chi connectivity index (χ3n) is 1.94. The molecular formula is C7H8N2O2. The Bertz CT molecular complexity index is 205. The van der Waals surface area contributed by atoms with Crippen molar-refractivity contribution < 1.29 is 9.59 Å². The molecule has 1 fully saturated rings. The Balaban J connectivity index is 2.57. The average molecular weight is 152 g/mol. The molecule has 0 aromatic heterocycles. The molecule has 1 aliphatic rings. The Labute approximate surface area is 64.0 Å². The van der Waals surface area contributed by atoms with Gasteiger partial charge in [0.1, 0.15) is 0 Å². The van der Waals surface area contributed by atoms with Gasteiger partial charge in [-0.1, -0.05) is 6.42 Å². The van der Waals surface area contributed by atoms with E-state index in [1.54, 1.807) is 0 Å². The van der Waals surface area contributed by atoms with Gasteiger partial charge in [-0.2, -0.15) is 9.98 Å². The smallest absolute Gasteiger partial charge is 0.211 e. The summed E-state index contributed by atoms with van der Waals surface area (Å²) in [6, 6.07) is 0. The van der Waals surface area contributed by atoms with Crippen LogP contribution in [-0.2, 0) is 9.59 Å². The lowest BCUT2D eigenvalue weighted by molar-refractivity contribution is 0.267. The van der Waals surface area contributed by atoms with Gasteiger partial charge in [-0.05, 0) is 12.8 Å². The molecule has 0 aromatic carbocycles. The number of carbonyl (C=O) groups excluding carboxylic acids is 2. The third kappa shape index (κ3) is 1.84. The lowest BCUT2D eigenvalue weighted by Crippen LogP contribution is -2.23. The van der Waals surface area contributed by atoms with Crippen LogP contribution in [-0.4, -0.2) is 18.3 Å². The van der Waals surface area contributed by atoms with Crippen molar-refractivity contribution in [1.82, 2.24) is 0 Å². The second-order valence-electron chi connectivity index (χ2n) is 2.55. The molecule has 0 amide bonds. The molecule has 0 spiro atoms. The van der Waals surface area contributed by atoms with Crippen molar-refractivity contribution in [3.8, 4) is 0 Å². The van der Waals surface area contributed by atoms with E-state index < -0.39 is 6.17 Å². The van der Waals surface area contributed by atoms with Gasteiger partial charge in [0.15, 0.2) is 6.17 Å². The number of isocyanates is 2. The van der Waals surface area contributed by atoms with E-state index in [1.807, 2.05) is 0 Å². The molecule has 0 unspecified atom stereocenters. The maximum atomic E-state index is 9.85. The summed E-state index contributed by atoms with van der Waals surface area (Å²) in [7, 11) is 0. The fraction of sp³-hybridized carbons (Fsp3) is 0.714. The summed E-state index contributed by atoms with van der Waals surface area (Å²) in [5, 5.41) is 0. The Morgan fingerprint density at radius 1 is 1.18 bits per heavy atom. The Morgan fingerprint density at radius 2 is 1.73 bits per heavy atom. The Morgan fingerprint density at radius 3 is 2.00 bits per heavy atom. The molecule has 4 nitrogen and oxygen atoms in total. The summed E-state index contributed by atoms with van der Waals surface area (Å²) < 4.78 is 0. The van der Waals surface area contributed by atoms with Gasteiger partial charge in [-0.25, -0.2) is 9.59 Å². The van der Waals surface area contributed by atoms with E-state index >= 15 is 0 Å². The maximum absolute atomic E-state index is 9.85. The highest BCUT2D eigenvalue weighted by molar-refractivity contribution is 5.37. The van der Waals surface area contributed by atoms with Crippen LogP contribution in [0.2, 0.25) is 0 Å². The van der Waals surface area contributed by atoms with Crippen molar-refractivity contribution in [2.45, 2.75) is 25.4 Å². The van der Waals surface area contributed by atoms with Gasteiger partial charge >= 0.3 is 0 Å². The first kappa shape index (κ1) is 7.86. The highest BCUT2D eigenvalue weighted by atomic mass is 16.1. The molecular weight excluding hydrogens is 144 g/mol. The third-order valence-corrected chi connectivity index (χ3v) is 1.94. The molecule has 4 heteroatoms. The average Bonchev–Trinajstić information content (AvgIpc) is 1.85. The van der Waals surface area contributed by atoms with Crippen LogP contribution in [0.4, 0.5) is 0 Å². The predicted octanol–water partition coefficient (Wildman–Crippen LogP) is 0.784. The molecule has 0 aliphatic heterocycles. The fourth-order valence-corrected chi connectivity index (χ4v) is 1.09. The molecule has 1 aliphatic carbocycles. The molecule has 0 aromatic rings. The van der Waals surface area contributed by atoms with Gasteiger partial charge in [0.25, 0.3) is 0 Å². The van der Waals surface area contributed by atoms with Crippen molar-refractivity contribution in [1.29, 1.82) is 0 Å². The van der Waals surface area contributed by atoms with Crippen molar-refractivity contribution >= 4 is 12.2 Å². The normalized spacial score (nSPS) is 18.9. The van der Waals surface area contributed by atoms with E-state index in [4.69, 9.17) is 0 Å². The van der Waals surface area contributed by atoms with Gasteiger partial charge in [-0.15, -0.1) is 0 Å². The quantitative estimate of drug-likeness (QED) is 0.443. The van der Waals surface area contributed by atoms with Crippen LogP contribution in [0, 0.1) is 5.92 Å². The van der Waals surface area contributed by atoms with Crippen LogP contribution in [0.3, 0.4) is 0 Å². The standard InChI is InChI=1S/C7H8N2O2/c10-4-8-7(9-5-11)6-2-1-3-6/h6-7H,1-3H2. The molecule has 0 saturated heterocycles. The molecule has 0 N–H and O–H groups in total. The lowest BCUT2D eigenvalue weighted by Gasteiger charge is -2.26. The zero-order valence-corrected chi connectivity index (χ0v) is 5.99. The van der Waals surface area contributed by atoms with Crippen LogP contribution in [0.25, 0.3) is 0 Å². The van der Waals surface area contributed by atoms with Crippen LogP contribution < -0.4 is 0 Å². The minimum atomic E-state index is -0.515. The van der Waals surface area contributed by atoms with Gasteiger partial charge in [0.2, 0.25) is 12.2 Å². The number of aliphatic imine (C=N–C) groups is 2. The van der Waals surface area contributed by atoms with Crippen LogP contribution in [0.15, 0.2) is 9.98 Å². The summed E-state index contributed by atoms with van der Waals surface area (Å²) in [4.78, 5) is 26.5.